The zero-order chi connectivity index (χ0) is 13.1. The fourth-order valence-electron chi connectivity index (χ4n) is 2.77. The number of benzene rings is 1. The number of hydrogen-bond donors (Lipinski definition) is 1. The van der Waals surface area contributed by atoms with Crippen LogP contribution in [0.15, 0.2) is 30.5 Å². The van der Waals surface area contributed by atoms with Gasteiger partial charge in [-0.15, -0.1) is 0 Å². The van der Waals surface area contributed by atoms with Gasteiger partial charge >= 0.3 is 0 Å². The second-order valence-corrected chi connectivity index (χ2v) is 5.02. The van der Waals surface area contributed by atoms with Crippen molar-refractivity contribution in [2.24, 2.45) is 5.92 Å². The molecule has 4 heteroatoms. The highest BCUT2D eigenvalue weighted by molar-refractivity contribution is 5.90. The van der Waals surface area contributed by atoms with Gasteiger partial charge in [-0.1, -0.05) is 25.1 Å². The van der Waals surface area contributed by atoms with Gasteiger partial charge in [0.1, 0.15) is 0 Å². The molecule has 1 aromatic heterocycles. The summed E-state index contributed by atoms with van der Waals surface area (Å²) in [5.41, 5.74) is 1.99. The van der Waals surface area contributed by atoms with E-state index in [2.05, 4.69) is 28.5 Å². The molecule has 1 saturated heterocycles. The molecule has 1 fully saturated rings. The van der Waals surface area contributed by atoms with Crippen molar-refractivity contribution in [1.82, 2.24) is 10.2 Å². The lowest BCUT2D eigenvalue weighted by Gasteiger charge is -2.18. The number of rotatable bonds is 4. The van der Waals surface area contributed by atoms with Gasteiger partial charge in [-0.3, -0.25) is 0 Å². The molecular formula is C15H19N3O. The predicted octanol–water partition coefficient (Wildman–Crippen LogP) is 2.86. The summed E-state index contributed by atoms with van der Waals surface area (Å²) in [7, 11) is 0. The Morgan fingerprint density at radius 3 is 3.16 bits per heavy atom. The third kappa shape index (κ3) is 2.54. The third-order valence-corrected chi connectivity index (χ3v) is 3.85. The maximum absolute atomic E-state index is 5.72. The van der Waals surface area contributed by atoms with E-state index in [1.165, 1.54) is 0 Å². The molecule has 1 N–H and O–H groups in total. The Kier molecular flexibility index (Phi) is 3.60. The first-order valence-corrected chi connectivity index (χ1v) is 6.94. The number of fused-ring (bicyclic) bond motifs is 1. The number of nitrogens with one attached hydrogen (secondary N) is 1. The smallest absolute Gasteiger partial charge is 0.0950 e. The SMILES string of the molecule is CCC1OCCC1CNc1cnnc2ccccc12. The van der Waals surface area contributed by atoms with Crippen LogP contribution < -0.4 is 5.32 Å². The van der Waals surface area contributed by atoms with Crippen molar-refractivity contribution in [1.29, 1.82) is 0 Å². The lowest BCUT2D eigenvalue weighted by molar-refractivity contribution is 0.0900. The molecule has 19 heavy (non-hydrogen) atoms. The monoisotopic (exact) mass is 257 g/mol. The molecule has 1 aliphatic heterocycles. The fraction of sp³-hybridized carbons (Fsp3) is 0.467. The topological polar surface area (TPSA) is 47.0 Å². The van der Waals surface area contributed by atoms with Gasteiger partial charge in [0.15, 0.2) is 0 Å². The first kappa shape index (κ1) is 12.4. The van der Waals surface area contributed by atoms with Gasteiger partial charge in [-0.05, 0) is 18.9 Å². The average Bonchev–Trinajstić information content (AvgIpc) is 2.92. The second kappa shape index (κ2) is 5.53. The highest BCUT2D eigenvalue weighted by atomic mass is 16.5. The minimum absolute atomic E-state index is 0.397. The van der Waals surface area contributed by atoms with Crippen molar-refractivity contribution in [3.8, 4) is 0 Å². The maximum Gasteiger partial charge on any atom is 0.0950 e. The number of ether oxygens (including phenoxy) is 1. The Labute approximate surface area is 113 Å². The quantitative estimate of drug-likeness (QED) is 0.915. The summed E-state index contributed by atoms with van der Waals surface area (Å²) in [4.78, 5) is 0. The van der Waals surface area contributed by atoms with Crippen LogP contribution in [0.3, 0.4) is 0 Å². The summed E-state index contributed by atoms with van der Waals surface area (Å²) in [6.07, 6.45) is 4.43. The van der Waals surface area contributed by atoms with Crippen molar-refractivity contribution in [2.75, 3.05) is 18.5 Å². The molecule has 1 aromatic carbocycles. The van der Waals surface area contributed by atoms with Gasteiger partial charge in [0, 0.05) is 24.5 Å². The first-order chi connectivity index (χ1) is 9.38. The van der Waals surface area contributed by atoms with Crippen LogP contribution in [0.1, 0.15) is 19.8 Å². The zero-order valence-corrected chi connectivity index (χ0v) is 11.2. The molecule has 4 nitrogen and oxygen atoms in total. The summed E-state index contributed by atoms with van der Waals surface area (Å²) >= 11 is 0. The van der Waals surface area contributed by atoms with Gasteiger partial charge in [-0.25, -0.2) is 0 Å². The minimum Gasteiger partial charge on any atom is -0.383 e. The van der Waals surface area contributed by atoms with Gasteiger partial charge < -0.3 is 10.1 Å². The molecule has 2 heterocycles. The maximum atomic E-state index is 5.72. The van der Waals surface area contributed by atoms with Gasteiger partial charge in [-0.2, -0.15) is 10.2 Å². The molecule has 0 aliphatic carbocycles. The minimum atomic E-state index is 0.397. The Morgan fingerprint density at radius 2 is 2.26 bits per heavy atom. The largest absolute Gasteiger partial charge is 0.383 e. The van der Waals surface area contributed by atoms with Crippen molar-refractivity contribution in [2.45, 2.75) is 25.9 Å². The average molecular weight is 257 g/mol. The molecule has 2 unspecified atom stereocenters. The van der Waals surface area contributed by atoms with E-state index >= 15 is 0 Å². The molecule has 0 saturated carbocycles. The van der Waals surface area contributed by atoms with E-state index in [-0.39, 0.29) is 0 Å². The van der Waals surface area contributed by atoms with Gasteiger partial charge in [0.2, 0.25) is 0 Å². The predicted molar refractivity (Wildman–Crippen MR) is 76.2 cm³/mol. The fourth-order valence-corrected chi connectivity index (χ4v) is 2.77. The summed E-state index contributed by atoms with van der Waals surface area (Å²) < 4.78 is 5.72. The van der Waals surface area contributed by atoms with Gasteiger partial charge in [0.05, 0.1) is 23.5 Å². The molecule has 0 radical (unpaired) electrons. The highest BCUT2D eigenvalue weighted by Crippen LogP contribution is 2.25. The van der Waals surface area contributed by atoms with E-state index in [1.807, 2.05) is 18.2 Å². The summed E-state index contributed by atoms with van der Waals surface area (Å²) in [5.74, 6) is 0.594. The summed E-state index contributed by atoms with van der Waals surface area (Å²) in [6, 6.07) is 8.08. The van der Waals surface area contributed by atoms with Crippen LogP contribution in [0.4, 0.5) is 5.69 Å². The Hall–Kier alpha value is -1.68. The van der Waals surface area contributed by atoms with Gasteiger partial charge in [0.25, 0.3) is 0 Å². The van der Waals surface area contributed by atoms with Crippen molar-refractivity contribution in [3.63, 3.8) is 0 Å². The van der Waals surface area contributed by atoms with E-state index in [0.29, 0.717) is 12.0 Å². The first-order valence-electron chi connectivity index (χ1n) is 6.94. The van der Waals surface area contributed by atoms with E-state index in [4.69, 9.17) is 4.74 Å². The van der Waals surface area contributed by atoms with E-state index in [0.717, 1.165) is 42.6 Å². The van der Waals surface area contributed by atoms with Crippen LogP contribution >= 0.6 is 0 Å². The molecule has 1 aliphatic rings. The lowest BCUT2D eigenvalue weighted by Crippen LogP contribution is -2.22. The zero-order valence-electron chi connectivity index (χ0n) is 11.2. The van der Waals surface area contributed by atoms with Crippen LogP contribution in [0.25, 0.3) is 10.9 Å². The molecule has 0 amide bonds. The molecule has 2 aromatic rings. The van der Waals surface area contributed by atoms with Crippen LogP contribution in [-0.4, -0.2) is 29.5 Å². The van der Waals surface area contributed by atoms with E-state index in [1.54, 1.807) is 6.20 Å². The van der Waals surface area contributed by atoms with Crippen LogP contribution in [0.2, 0.25) is 0 Å². The Morgan fingerprint density at radius 1 is 1.37 bits per heavy atom. The Bertz CT molecular complexity index is 553. The van der Waals surface area contributed by atoms with Crippen molar-refractivity contribution >= 4 is 16.6 Å². The number of aromatic nitrogens is 2. The molecule has 2 atom stereocenters. The standard InChI is InChI=1S/C15H19N3O/c1-2-15-11(7-8-19-15)9-16-14-10-17-18-13-6-4-3-5-12(13)14/h3-6,10-11,15H,2,7-9H2,1H3,(H,16,18). The van der Waals surface area contributed by atoms with Crippen LogP contribution in [0, 0.1) is 5.92 Å². The number of anilines is 1. The number of nitrogens with zero attached hydrogens (tertiary/aromatic N) is 2. The van der Waals surface area contributed by atoms with E-state index < -0.39 is 0 Å². The van der Waals surface area contributed by atoms with Crippen molar-refractivity contribution in [3.05, 3.63) is 30.5 Å². The molecule has 3 rings (SSSR count). The molecule has 100 valence electrons. The molecule has 0 spiro atoms. The van der Waals surface area contributed by atoms with Crippen LogP contribution in [0.5, 0.6) is 0 Å². The number of hydrogen-bond acceptors (Lipinski definition) is 4. The second-order valence-electron chi connectivity index (χ2n) is 5.02. The summed E-state index contributed by atoms with van der Waals surface area (Å²) in [6.45, 7) is 4.01. The summed E-state index contributed by atoms with van der Waals surface area (Å²) in [5, 5.41) is 12.8. The normalized spacial score (nSPS) is 22.8. The third-order valence-electron chi connectivity index (χ3n) is 3.85. The highest BCUT2D eigenvalue weighted by Gasteiger charge is 2.26. The Balaban J connectivity index is 1.75. The van der Waals surface area contributed by atoms with Crippen molar-refractivity contribution < 1.29 is 4.74 Å². The van der Waals surface area contributed by atoms with E-state index in [9.17, 15) is 0 Å². The lowest BCUT2D eigenvalue weighted by atomic mass is 9.99. The van der Waals surface area contributed by atoms with Crippen LogP contribution in [-0.2, 0) is 4.74 Å². The molecular weight excluding hydrogens is 238 g/mol. The molecule has 0 bridgehead atoms.